The van der Waals surface area contributed by atoms with Gasteiger partial charge in [-0.05, 0) is 17.7 Å². The summed E-state index contributed by atoms with van der Waals surface area (Å²) in [5.74, 6) is -0.0439. The lowest BCUT2D eigenvalue weighted by Gasteiger charge is -2.02. The van der Waals surface area contributed by atoms with Crippen molar-refractivity contribution in [1.82, 2.24) is 0 Å². The topological polar surface area (TPSA) is 63.4 Å². The molecule has 0 spiro atoms. The maximum absolute atomic E-state index is 10.7. The molecular formula is C11H13NO3. The third-order valence-corrected chi connectivity index (χ3v) is 1.99. The first-order valence-corrected chi connectivity index (χ1v) is 4.65. The smallest absolute Gasteiger partial charge is 0.249 e. The van der Waals surface area contributed by atoms with Gasteiger partial charge in [-0.15, -0.1) is 0 Å². The monoisotopic (exact) mass is 207 g/mol. The molecule has 0 heterocycles. The molecule has 15 heavy (non-hydrogen) atoms. The minimum atomic E-state index is -0.394. The third-order valence-electron chi connectivity index (χ3n) is 1.99. The van der Waals surface area contributed by atoms with Crippen molar-refractivity contribution in [2.24, 2.45) is 5.92 Å². The average molecular weight is 207 g/mol. The van der Waals surface area contributed by atoms with Crippen molar-refractivity contribution < 1.29 is 10.0 Å². The second-order valence-corrected chi connectivity index (χ2v) is 3.58. The van der Waals surface area contributed by atoms with E-state index in [1.165, 1.54) is 18.2 Å². The molecule has 1 N–H and O–H groups in total. The van der Waals surface area contributed by atoms with E-state index in [1.807, 2.05) is 0 Å². The van der Waals surface area contributed by atoms with E-state index in [-0.39, 0.29) is 17.4 Å². The molecule has 0 radical (unpaired) electrons. The molecule has 0 bridgehead atoms. The highest BCUT2D eigenvalue weighted by Gasteiger charge is 2.15. The van der Waals surface area contributed by atoms with Crippen LogP contribution in [0.4, 0.5) is 0 Å². The van der Waals surface area contributed by atoms with Crippen molar-refractivity contribution in [1.29, 1.82) is 0 Å². The van der Waals surface area contributed by atoms with Crippen LogP contribution in [0, 0.1) is 16.0 Å². The van der Waals surface area contributed by atoms with E-state index in [0.29, 0.717) is 5.56 Å². The van der Waals surface area contributed by atoms with Crippen molar-refractivity contribution >= 4 is 6.08 Å². The molecule has 0 unspecified atom stereocenters. The first kappa shape index (κ1) is 11.2. The fourth-order valence-electron chi connectivity index (χ4n) is 1.22. The maximum atomic E-state index is 10.7. The van der Waals surface area contributed by atoms with Gasteiger partial charge in [0, 0.05) is 12.0 Å². The molecule has 0 atom stereocenters. The van der Waals surface area contributed by atoms with Crippen LogP contribution in [-0.4, -0.2) is 10.0 Å². The fraction of sp³-hybridized carbons (Fsp3) is 0.273. The zero-order chi connectivity index (χ0) is 11.4. The SMILES string of the molecule is CC(C)/C(=C/c1cccc(O)c1)[N+](=O)[O-]. The highest BCUT2D eigenvalue weighted by atomic mass is 16.6. The van der Waals surface area contributed by atoms with Gasteiger partial charge in [-0.3, -0.25) is 10.1 Å². The normalized spacial score (nSPS) is 11.8. The summed E-state index contributed by atoms with van der Waals surface area (Å²) in [5, 5.41) is 19.9. The number of rotatable bonds is 3. The number of allylic oxidation sites excluding steroid dienone is 1. The second kappa shape index (κ2) is 4.59. The Balaban J connectivity index is 3.08. The van der Waals surface area contributed by atoms with Gasteiger partial charge in [-0.2, -0.15) is 0 Å². The molecule has 0 aliphatic heterocycles. The summed E-state index contributed by atoms with van der Waals surface area (Å²) in [6.45, 7) is 3.52. The maximum Gasteiger partial charge on any atom is 0.249 e. The lowest BCUT2D eigenvalue weighted by molar-refractivity contribution is -0.431. The molecule has 0 aliphatic carbocycles. The predicted molar refractivity (Wildman–Crippen MR) is 57.9 cm³/mol. The molecular weight excluding hydrogens is 194 g/mol. The number of phenolic OH excluding ortho intramolecular Hbond substituents is 1. The minimum absolute atomic E-state index is 0.107. The van der Waals surface area contributed by atoms with Crippen LogP contribution in [0.2, 0.25) is 0 Å². The molecule has 1 rings (SSSR count). The van der Waals surface area contributed by atoms with Crippen LogP contribution in [0.5, 0.6) is 5.75 Å². The van der Waals surface area contributed by atoms with E-state index < -0.39 is 4.92 Å². The highest BCUT2D eigenvalue weighted by molar-refractivity contribution is 5.53. The number of phenols is 1. The molecule has 0 aliphatic rings. The minimum Gasteiger partial charge on any atom is -0.508 e. The first-order valence-electron chi connectivity index (χ1n) is 4.65. The van der Waals surface area contributed by atoms with Crippen molar-refractivity contribution in [3.8, 4) is 5.75 Å². The summed E-state index contributed by atoms with van der Waals surface area (Å²) in [4.78, 5) is 10.3. The van der Waals surface area contributed by atoms with Crippen LogP contribution in [0.25, 0.3) is 6.08 Å². The number of nitrogens with zero attached hydrogens (tertiary/aromatic N) is 1. The summed E-state index contributed by atoms with van der Waals surface area (Å²) >= 11 is 0. The molecule has 0 aromatic heterocycles. The number of benzene rings is 1. The van der Waals surface area contributed by atoms with Crippen LogP contribution in [0.1, 0.15) is 19.4 Å². The van der Waals surface area contributed by atoms with E-state index in [9.17, 15) is 15.2 Å². The van der Waals surface area contributed by atoms with Gasteiger partial charge < -0.3 is 5.11 Å². The zero-order valence-corrected chi connectivity index (χ0v) is 8.68. The van der Waals surface area contributed by atoms with E-state index in [4.69, 9.17) is 0 Å². The van der Waals surface area contributed by atoms with E-state index in [1.54, 1.807) is 26.0 Å². The quantitative estimate of drug-likeness (QED) is 0.612. The van der Waals surface area contributed by atoms with Gasteiger partial charge in [0.2, 0.25) is 5.70 Å². The van der Waals surface area contributed by atoms with E-state index >= 15 is 0 Å². The number of nitro groups is 1. The first-order chi connectivity index (χ1) is 7.00. The van der Waals surface area contributed by atoms with Crippen molar-refractivity contribution in [3.63, 3.8) is 0 Å². The molecule has 0 fully saturated rings. The van der Waals surface area contributed by atoms with E-state index in [2.05, 4.69) is 0 Å². The van der Waals surface area contributed by atoms with Crippen molar-refractivity contribution in [2.75, 3.05) is 0 Å². The van der Waals surface area contributed by atoms with Gasteiger partial charge >= 0.3 is 0 Å². The third kappa shape index (κ3) is 3.09. The standard InChI is InChI=1S/C11H13NO3/c1-8(2)11(12(14)15)7-9-4-3-5-10(13)6-9/h3-8,13H,1-2H3/b11-7-. The molecule has 4 heteroatoms. The Hall–Kier alpha value is -1.84. The Morgan fingerprint density at radius 1 is 1.53 bits per heavy atom. The molecule has 1 aromatic rings. The summed E-state index contributed by atoms with van der Waals surface area (Å²) in [7, 11) is 0. The van der Waals surface area contributed by atoms with Gasteiger partial charge in [0.25, 0.3) is 0 Å². The van der Waals surface area contributed by atoms with Crippen LogP contribution in [0.15, 0.2) is 30.0 Å². The number of hydrogen-bond donors (Lipinski definition) is 1. The lowest BCUT2D eigenvalue weighted by atomic mass is 10.1. The van der Waals surface area contributed by atoms with Crippen LogP contribution < -0.4 is 0 Å². The predicted octanol–water partition coefficient (Wildman–Crippen LogP) is 2.67. The molecule has 4 nitrogen and oxygen atoms in total. The lowest BCUT2D eigenvalue weighted by Crippen LogP contribution is -2.05. The van der Waals surface area contributed by atoms with Crippen molar-refractivity contribution in [2.45, 2.75) is 13.8 Å². The van der Waals surface area contributed by atoms with Crippen molar-refractivity contribution in [3.05, 3.63) is 45.6 Å². The molecule has 0 amide bonds. The van der Waals surface area contributed by atoms with Crippen LogP contribution >= 0.6 is 0 Å². The Kier molecular flexibility index (Phi) is 3.44. The van der Waals surface area contributed by atoms with Gasteiger partial charge in [-0.1, -0.05) is 26.0 Å². The van der Waals surface area contributed by atoms with E-state index in [0.717, 1.165) is 0 Å². The zero-order valence-electron chi connectivity index (χ0n) is 8.68. The van der Waals surface area contributed by atoms with Gasteiger partial charge in [-0.25, -0.2) is 0 Å². The average Bonchev–Trinajstić information content (AvgIpc) is 2.13. The second-order valence-electron chi connectivity index (χ2n) is 3.58. The number of hydrogen-bond acceptors (Lipinski definition) is 3. The molecule has 1 aromatic carbocycles. The summed E-state index contributed by atoms with van der Waals surface area (Å²) in [6, 6.07) is 6.38. The Bertz CT molecular complexity index is 397. The largest absolute Gasteiger partial charge is 0.508 e. The summed E-state index contributed by atoms with van der Waals surface area (Å²) in [6.07, 6.45) is 1.48. The summed E-state index contributed by atoms with van der Waals surface area (Å²) in [5.41, 5.74) is 0.774. The Labute approximate surface area is 88.0 Å². The van der Waals surface area contributed by atoms with Gasteiger partial charge in [0.15, 0.2) is 0 Å². The Morgan fingerprint density at radius 2 is 2.20 bits per heavy atom. The summed E-state index contributed by atoms with van der Waals surface area (Å²) < 4.78 is 0. The Morgan fingerprint density at radius 3 is 2.67 bits per heavy atom. The molecule has 0 saturated heterocycles. The van der Waals surface area contributed by atoms with Gasteiger partial charge in [0.05, 0.1) is 4.92 Å². The number of aromatic hydroxyl groups is 1. The highest BCUT2D eigenvalue weighted by Crippen LogP contribution is 2.18. The molecule has 80 valence electrons. The molecule has 0 saturated carbocycles. The van der Waals surface area contributed by atoms with Crippen LogP contribution in [-0.2, 0) is 0 Å². The van der Waals surface area contributed by atoms with Crippen LogP contribution in [0.3, 0.4) is 0 Å². The fourth-order valence-corrected chi connectivity index (χ4v) is 1.22. The van der Waals surface area contributed by atoms with Gasteiger partial charge in [0.1, 0.15) is 5.75 Å².